The summed E-state index contributed by atoms with van der Waals surface area (Å²) >= 11 is 0. The first-order valence-electron chi connectivity index (χ1n) is 3.56. The van der Waals surface area contributed by atoms with Crippen LogP contribution in [0.1, 0.15) is 0 Å². The molecule has 1 heterocycles. The summed E-state index contributed by atoms with van der Waals surface area (Å²) in [6, 6.07) is 0.197. The maximum absolute atomic E-state index is 9.13. The standard InChI is InChI=1S/C7H11N3O3/c1-10(11)5-4-8-7(13-3)9-6(5)12-2/h4,11H,1-3H3. The van der Waals surface area contributed by atoms with Crippen molar-refractivity contribution in [1.29, 1.82) is 0 Å². The Labute approximate surface area is 75.7 Å². The number of hydrogen-bond donors (Lipinski definition) is 1. The van der Waals surface area contributed by atoms with E-state index in [9.17, 15) is 0 Å². The van der Waals surface area contributed by atoms with Gasteiger partial charge in [-0.25, -0.2) is 4.98 Å². The van der Waals surface area contributed by atoms with Crippen LogP contribution in [0.15, 0.2) is 6.20 Å². The number of rotatable bonds is 3. The molecule has 0 saturated carbocycles. The molecule has 0 spiro atoms. The fraction of sp³-hybridized carbons (Fsp3) is 0.429. The number of ether oxygens (including phenoxy) is 2. The molecule has 0 aliphatic rings. The van der Waals surface area contributed by atoms with Crippen molar-refractivity contribution in [2.45, 2.75) is 0 Å². The van der Waals surface area contributed by atoms with Crippen molar-refractivity contribution >= 4 is 5.69 Å². The molecule has 0 saturated heterocycles. The van der Waals surface area contributed by atoms with Crippen LogP contribution in [0.2, 0.25) is 0 Å². The molecule has 0 bridgehead atoms. The second kappa shape index (κ2) is 3.90. The monoisotopic (exact) mass is 185 g/mol. The van der Waals surface area contributed by atoms with Gasteiger partial charge in [-0.1, -0.05) is 0 Å². The van der Waals surface area contributed by atoms with E-state index >= 15 is 0 Å². The molecular weight excluding hydrogens is 174 g/mol. The third-order valence-electron chi connectivity index (χ3n) is 1.44. The highest BCUT2D eigenvalue weighted by molar-refractivity contribution is 5.50. The lowest BCUT2D eigenvalue weighted by Gasteiger charge is -2.12. The predicted molar refractivity (Wildman–Crippen MR) is 45.3 cm³/mol. The summed E-state index contributed by atoms with van der Waals surface area (Å²) in [5, 5.41) is 10.0. The van der Waals surface area contributed by atoms with Gasteiger partial charge in [-0.05, 0) is 0 Å². The van der Waals surface area contributed by atoms with E-state index in [4.69, 9.17) is 14.7 Å². The molecule has 0 atom stereocenters. The zero-order valence-corrected chi connectivity index (χ0v) is 7.68. The molecule has 6 nitrogen and oxygen atoms in total. The minimum Gasteiger partial charge on any atom is -0.479 e. The molecule has 1 N–H and O–H groups in total. The average molecular weight is 185 g/mol. The lowest BCUT2D eigenvalue weighted by atomic mass is 10.5. The van der Waals surface area contributed by atoms with Gasteiger partial charge in [-0.2, -0.15) is 4.98 Å². The first kappa shape index (κ1) is 9.53. The molecule has 0 radical (unpaired) electrons. The fourth-order valence-corrected chi connectivity index (χ4v) is 0.815. The minimum absolute atomic E-state index is 0.197. The highest BCUT2D eigenvalue weighted by atomic mass is 16.5. The number of hydroxylamine groups is 1. The molecule has 13 heavy (non-hydrogen) atoms. The van der Waals surface area contributed by atoms with E-state index in [2.05, 4.69) is 9.97 Å². The summed E-state index contributed by atoms with van der Waals surface area (Å²) in [5.41, 5.74) is 0.378. The highest BCUT2D eigenvalue weighted by Gasteiger charge is 2.10. The second-order valence-corrected chi connectivity index (χ2v) is 2.27. The Morgan fingerprint density at radius 2 is 2.08 bits per heavy atom. The zero-order valence-electron chi connectivity index (χ0n) is 7.68. The molecule has 0 aliphatic heterocycles. The van der Waals surface area contributed by atoms with Crippen LogP contribution in [-0.2, 0) is 0 Å². The molecule has 0 aliphatic carbocycles. The third kappa shape index (κ3) is 1.97. The molecule has 1 rings (SSSR count). The Morgan fingerprint density at radius 1 is 1.38 bits per heavy atom. The molecule has 0 amide bonds. The van der Waals surface area contributed by atoms with Gasteiger partial charge in [-0.3, -0.25) is 10.3 Å². The maximum Gasteiger partial charge on any atom is 0.319 e. The van der Waals surface area contributed by atoms with Gasteiger partial charge in [0.05, 0.1) is 20.4 Å². The van der Waals surface area contributed by atoms with Crippen molar-refractivity contribution in [1.82, 2.24) is 9.97 Å². The number of aromatic nitrogens is 2. The summed E-state index contributed by atoms with van der Waals surface area (Å²) in [5.74, 6) is 0.261. The second-order valence-electron chi connectivity index (χ2n) is 2.27. The summed E-state index contributed by atoms with van der Waals surface area (Å²) in [6.45, 7) is 0. The van der Waals surface area contributed by atoms with Crippen molar-refractivity contribution in [3.05, 3.63) is 6.20 Å². The smallest absolute Gasteiger partial charge is 0.319 e. The number of methoxy groups -OCH3 is 2. The zero-order chi connectivity index (χ0) is 9.84. The fourth-order valence-electron chi connectivity index (χ4n) is 0.815. The summed E-state index contributed by atoms with van der Waals surface area (Å²) < 4.78 is 9.71. The van der Waals surface area contributed by atoms with Gasteiger partial charge in [0.25, 0.3) is 0 Å². The average Bonchev–Trinajstić information content (AvgIpc) is 2.16. The molecule has 1 aromatic heterocycles. The van der Waals surface area contributed by atoms with E-state index in [0.29, 0.717) is 5.69 Å². The molecule has 0 aromatic carbocycles. The van der Waals surface area contributed by atoms with Crippen LogP contribution in [0.25, 0.3) is 0 Å². The van der Waals surface area contributed by atoms with E-state index < -0.39 is 0 Å². The van der Waals surface area contributed by atoms with E-state index in [0.717, 1.165) is 5.06 Å². The Morgan fingerprint density at radius 3 is 2.54 bits per heavy atom. The van der Waals surface area contributed by atoms with Gasteiger partial charge < -0.3 is 9.47 Å². The SMILES string of the molecule is COc1ncc(N(C)O)c(OC)n1. The quantitative estimate of drug-likeness (QED) is 0.684. The van der Waals surface area contributed by atoms with Gasteiger partial charge in [0.2, 0.25) is 5.88 Å². The third-order valence-corrected chi connectivity index (χ3v) is 1.44. The predicted octanol–water partition coefficient (Wildman–Crippen LogP) is 0.319. The van der Waals surface area contributed by atoms with E-state index in [1.165, 1.54) is 27.5 Å². The summed E-state index contributed by atoms with van der Waals surface area (Å²) in [6.07, 6.45) is 1.41. The van der Waals surface area contributed by atoms with Crippen molar-refractivity contribution in [2.75, 3.05) is 26.3 Å². The minimum atomic E-state index is 0.197. The molecule has 0 fully saturated rings. The van der Waals surface area contributed by atoms with E-state index in [1.807, 2.05) is 0 Å². The Kier molecular flexibility index (Phi) is 2.86. The summed E-state index contributed by atoms with van der Waals surface area (Å²) in [7, 11) is 4.36. The Balaban J connectivity index is 3.08. The maximum atomic E-state index is 9.13. The van der Waals surface area contributed by atoms with Crippen LogP contribution in [0, 0.1) is 0 Å². The lowest BCUT2D eigenvalue weighted by Crippen LogP contribution is -2.12. The first-order valence-corrected chi connectivity index (χ1v) is 3.56. The topological polar surface area (TPSA) is 67.7 Å². The molecule has 1 aromatic rings. The summed E-state index contributed by atoms with van der Waals surface area (Å²) in [4.78, 5) is 7.69. The largest absolute Gasteiger partial charge is 0.479 e. The normalized spacial score (nSPS) is 9.54. The van der Waals surface area contributed by atoms with Crippen molar-refractivity contribution < 1.29 is 14.7 Å². The van der Waals surface area contributed by atoms with Crippen molar-refractivity contribution in [3.8, 4) is 11.9 Å². The van der Waals surface area contributed by atoms with Gasteiger partial charge in [-0.15, -0.1) is 0 Å². The van der Waals surface area contributed by atoms with E-state index in [-0.39, 0.29) is 11.9 Å². The van der Waals surface area contributed by atoms with Gasteiger partial charge in [0, 0.05) is 7.05 Å². The van der Waals surface area contributed by atoms with Crippen molar-refractivity contribution in [3.63, 3.8) is 0 Å². The van der Waals surface area contributed by atoms with Gasteiger partial charge in [0.1, 0.15) is 5.69 Å². The number of anilines is 1. The van der Waals surface area contributed by atoms with Crippen LogP contribution in [0.4, 0.5) is 5.69 Å². The van der Waals surface area contributed by atoms with Crippen molar-refractivity contribution in [2.24, 2.45) is 0 Å². The van der Waals surface area contributed by atoms with Crippen LogP contribution in [-0.4, -0.2) is 36.4 Å². The van der Waals surface area contributed by atoms with Crippen LogP contribution in [0.3, 0.4) is 0 Å². The van der Waals surface area contributed by atoms with Gasteiger partial charge >= 0.3 is 6.01 Å². The highest BCUT2D eigenvalue weighted by Crippen LogP contribution is 2.24. The van der Waals surface area contributed by atoms with Gasteiger partial charge in [0.15, 0.2) is 0 Å². The molecule has 6 heteroatoms. The van der Waals surface area contributed by atoms with E-state index in [1.54, 1.807) is 0 Å². The number of nitrogens with zero attached hydrogens (tertiary/aromatic N) is 3. The Bertz CT molecular complexity index is 290. The van der Waals surface area contributed by atoms with Crippen LogP contribution in [0.5, 0.6) is 11.9 Å². The van der Waals surface area contributed by atoms with Crippen LogP contribution >= 0.6 is 0 Å². The van der Waals surface area contributed by atoms with Crippen LogP contribution < -0.4 is 14.5 Å². The molecule has 72 valence electrons. The Hall–Kier alpha value is -1.56. The first-order chi connectivity index (χ1) is 6.19. The molecular formula is C7H11N3O3. The molecule has 0 unspecified atom stereocenters. The number of hydrogen-bond acceptors (Lipinski definition) is 6. The lowest BCUT2D eigenvalue weighted by molar-refractivity contribution is 0.270.